The van der Waals surface area contributed by atoms with Gasteiger partial charge in [-0.3, -0.25) is 9.59 Å². The monoisotopic (exact) mass is 549 g/mol. The van der Waals surface area contributed by atoms with Gasteiger partial charge < -0.3 is 10.4 Å². The van der Waals surface area contributed by atoms with Gasteiger partial charge in [0.05, 0.1) is 22.8 Å². The molecule has 0 aliphatic heterocycles. The van der Waals surface area contributed by atoms with Gasteiger partial charge in [-0.15, -0.1) is 0 Å². The van der Waals surface area contributed by atoms with Crippen molar-refractivity contribution in [1.82, 2.24) is 10.3 Å². The van der Waals surface area contributed by atoms with E-state index in [1.54, 1.807) is 18.2 Å². The molecule has 6 nitrogen and oxygen atoms in total. The Balaban J connectivity index is 1.66. The van der Waals surface area contributed by atoms with Gasteiger partial charge in [0.15, 0.2) is 6.04 Å². The van der Waals surface area contributed by atoms with Crippen molar-refractivity contribution in [3.8, 4) is 17.3 Å². The van der Waals surface area contributed by atoms with Crippen molar-refractivity contribution >= 4 is 22.8 Å². The molecule has 0 bridgehead atoms. The molecular formula is C30H23F4N3O3. The summed E-state index contributed by atoms with van der Waals surface area (Å²) in [5, 5.41) is 20.4. The fourth-order valence-corrected chi connectivity index (χ4v) is 4.32. The zero-order chi connectivity index (χ0) is 28.9. The third-order valence-corrected chi connectivity index (χ3v) is 6.34. The van der Waals surface area contributed by atoms with Crippen molar-refractivity contribution in [1.29, 1.82) is 5.26 Å². The van der Waals surface area contributed by atoms with Crippen molar-refractivity contribution in [2.45, 2.75) is 37.9 Å². The van der Waals surface area contributed by atoms with Crippen LogP contribution in [0.25, 0.3) is 22.2 Å². The van der Waals surface area contributed by atoms with Crippen molar-refractivity contribution in [2.24, 2.45) is 0 Å². The van der Waals surface area contributed by atoms with E-state index in [0.29, 0.717) is 41.4 Å². The number of benzene rings is 3. The molecule has 1 aromatic heterocycles. The van der Waals surface area contributed by atoms with E-state index in [0.717, 1.165) is 17.7 Å². The number of aliphatic carboxylic acids is 1. The lowest BCUT2D eigenvalue weighted by Crippen LogP contribution is -2.38. The Bertz CT molecular complexity index is 1580. The van der Waals surface area contributed by atoms with Gasteiger partial charge in [0.2, 0.25) is 0 Å². The number of rotatable bonds is 9. The number of aryl methyl sites for hydroxylation is 1. The molecule has 3 aromatic carbocycles. The molecule has 0 spiro atoms. The Hall–Kier alpha value is -4.78. The Kier molecular flexibility index (Phi) is 8.43. The van der Waals surface area contributed by atoms with Crippen LogP contribution in [-0.4, -0.2) is 28.1 Å². The molecule has 40 heavy (non-hydrogen) atoms. The third kappa shape index (κ3) is 6.80. The average Bonchev–Trinajstić information content (AvgIpc) is 2.93. The minimum atomic E-state index is -4.78. The van der Waals surface area contributed by atoms with Crippen molar-refractivity contribution in [3.05, 3.63) is 101 Å². The van der Waals surface area contributed by atoms with Crippen LogP contribution in [0.1, 0.15) is 52.4 Å². The molecule has 0 saturated carbocycles. The summed E-state index contributed by atoms with van der Waals surface area (Å²) in [7, 11) is 0. The fourth-order valence-electron chi connectivity index (χ4n) is 4.32. The molecule has 10 heteroatoms. The number of nitrogens with zero attached hydrogens (tertiary/aromatic N) is 2. The first-order valence-corrected chi connectivity index (χ1v) is 12.3. The topological polar surface area (TPSA) is 103 Å². The van der Waals surface area contributed by atoms with E-state index in [-0.39, 0.29) is 23.1 Å². The lowest BCUT2D eigenvalue weighted by atomic mass is 9.97. The highest BCUT2D eigenvalue weighted by molar-refractivity contribution is 5.98. The second-order valence-electron chi connectivity index (χ2n) is 9.19. The number of aromatic nitrogens is 1. The SMILES string of the molecule is N#Cc1ccc([C@@H](NC(=O)c2ccc3nc(-c4ccc(F)cc4)c(CCCCC(=O)O)cc3c2)C(F)(F)F)cc1. The number of unbranched alkanes of at least 4 members (excludes halogenated alkanes) is 1. The molecule has 1 atom stereocenters. The van der Waals surface area contributed by atoms with Gasteiger partial charge in [-0.05, 0) is 91.1 Å². The Morgan fingerprint density at radius 3 is 2.30 bits per heavy atom. The standard InChI is InChI=1S/C30H23F4N3O3/c31-24-12-9-19(10-13-24)27-21(3-1-2-4-26(38)39)15-23-16-22(11-14-25(23)36-27)29(40)37-28(30(32,33)34)20-7-5-18(17-35)6-8-20/h5-16,28H,1-4H2,(H,37,40)(H,38,39)/t28-/m1/s1. The number of nitriles is 1. The van der Waals surface area contributed by atoms with Gasteiger partial charge in [0, 0.05) is 22.9 Å². The number of carbonyl (C=O) groups is 2. The maximum atomic E-state index is 13.8. The second kappa shape index (κ2) is 11.9. The number of halogens is 4. The molecule has 0 fully saturated rings. The maximum absolute atomic E-state index is 13.8. The number of carboxylic acids is 1. The lowest BCUT2D eigenvalue weighted by molar-refractivity contribution is -0.155. The molecule has 4 aromatic rings. The highest BCUT2D eigenvalue weighted by atomic mass is 19.4. The highest BCUT2D eigenvalue weighted by Crippen LogP contribution is 2.33. The molecule has 4 rings (SSSR count). The molecule has 0 radical (unpaired) electrons. The van der Waals surface area contributed by atoms with Crippen molar-refractivity contribution in [2.75, 3.05) is 0 Å². The summed E-state index contributed by atoms with van der Waals surface area (Å²) in [6.45, 7) is 0. The van der Waals surface area contributed by atoms with E-state index < -0.39 is 29.9 Å². The van der Waals surface area contributed by atoms with Gasteiger partial charge in [-0.2, -0.15) is 18.4 Å². The molecule has 0 unspecified atom stereocenters. The Morgan fingerprint density at radius 1 is 0.975 bits per heavy atom. The number of hydrogen-bond acceptors (Lipinski definition) is 4. The van der Waals surface area contributed by atoms with Crippen LogP contribution in [0, 0.1) is 17.1 Å². The van der Waals surface area contributed by atoms with Crippen LogP contribution in [-0.2, 0) is 11.2 Å². The third-order valence-electron chi connectivity index (χ3n) is 6.34. The molecule has 1 amide bonds. The smallest absolute Gasteiger partial charge is 0.412 e. The predicted molar refractivity (Wildman–Crippen MR) is 140 cm³/mol. The van der Waals surface area contributed by atoms with Crippen LogP contribution in [0.15, 0.2) is 72.8 Å². The summed E-state index contributed by atoms with van der Waals surface area (Å²) < 4.78 is 55.1. The molecule has 1 heterocycles. The molecule has 0 saturated heterocycles. The Morgan fingerprint density at radius 2 is 1.68 bits per heavy atom. The van der Waals surface area contributed by atoms with E-state index in [9.17, 15) is 27.2 Å². The zero-order valence-electron chi connectivity index (χ0n) is 21.0. The van der Waals surface area contributed by atoms with Crippen LogP contribution >= 0.6 is 0 Å². The largest absolute Gasteiger partial charge is 0.481 e. The highest BCUT2D eigenvalue weighted by Gasteiger charge is 2.42. The van der Waals surface area contributed by atoms with Crippen molar-refractivity contribution < 1.29 is 32.3 Å². The minimum Gasteiger partial charge on any atom is -0.481 e. The predicted octanol–water partition coefficient (Wildman–Crippen LogP) is 6.74. The van der Waals surface area contributed by atoms with Crippen LogP contribution in [0.4, 0.5) is 17.6 Å². The van der Waals surface area contributed by atoms with Gasteiger partial charge in [0.25, 0.3) is 5.91 Å². The van der Waals surface area contributed by atoms with Crippen molar-refractivity contribution in [3.63, 3.8) is 0 Å². The number of carbonyl (C=O) groups excluding carboxylic acids is 1. The number of amides is 1. The van der Waals surface area contributed by atoms with Crippen LogP contribution in [0.2, 0.25) is 0 Å². The van der Waals surface area contributed by atoms with Gasteiger partial charge in [-0.1, -0.05) is 12.1 Å². The summed E-state index contributed by atoms with van der Waals surface area (Å²) >= 11 is 0. The number of hydrogen-bond donors (Lipinski definition) is 2. The molecular weight excluding hydrogens is 526 g/mol. The van der Waals surface area contributed by atoms with Gasteiger partial charge >= 0.3 is 12.1 Å². The average molecular weight is 550 g/mol. The number of pyridine rings is 1. The molecule has 0 aliphatic carbocycles. The van der Waals surface area contributed by atoms with E-state index >= 15 is 0 Å². The van der Waals surface area contributed by atoms with E-state index in [1.165, 1.54) is 42.5 Å². The molecule has 0 aliphatic rings. The van der Waals surface area contributed by atoms with Crippen LogP contribution < -0.4 is 5.32 Å². The normalized spacial score (nSPS) is 12.1. The summed E-state index contributed by atoms with van der Waals surface area (Å²) in [5.41, 5.74) is 2.39. The summed E-state index contributed by atoms with van der Waals surface area (Å²) in [6.07, 6.45) is -3.38. The van der Waals surface area contributed by atoms with Crippen LogP contribution in [0.5, 0.6) is 0 Å². The summed E-state index contributed by atoms with van der Waals surface area (Å²) in [6, 6.07) is 16.2. The first-order chi connectivity index (χ1) is 19.0. The molecule has 2 N–H and O–H groups in total. The van der Waals surface area contributed by atoms with Crippen LogP contribution in [0.3, 0.4) is 0 Å². The van der Waals surface area contributed by atoms with Gasteiger partial charge in [0.1, 0.15) is 5.82 Å². The van der Waals surface area contributed by atoms with E-state index in [4.69, 9.17) is 10.4 Å². The Labute approximate surface area is 226 Å². The summed E-state index contributed by atoms with van der Waals surface area (Å²) in [4.78, 5) is 28.5. The van der Waals surface area contributed by atoms with E-state index in [1.807, 2.05) is 11.4 Å². The first-order valence-electron chi connectivity index (χ1n) is 12.3. The second-order valence-corrected chi connectivity index (χ2v) is 9.19. The van der Waals surface area contributed by atoms with Gasteiger partial charge in [-0.25, -0.2) is 9.37 Å². The fraction of sp³-hybridized carbons (Fsp3) is 0.200. The maximum Gasteiger partial charge on any atom is 0.412 e. The zero-order valence-corrected chi connectivity index (χ0v) is 21.0. The number of carboxylic acid groups (broad SMARTS) is 1. The quantitative estimate of drug-likeness (QED) is 0.178. The number of fused-ring (bicyclic) bond motifs is 1. The summed E-state index contributed by atoms with van der Waals surface area (Å²) in [5.74, 6) is -2.27. The molecule has 204 valence electrons. The minimum absolute atomic E-state index is 0.00315. The first kappa shape index (κ1) is 28.2. The number of nitrogens with one attached hydrogen (secondary N) is 1. The van der Waals surface area contributed by atoms with E-state index in [2.05, 4.69) is 4.98 Å². The number of alkyl halides is 3. The lowest BCUT2D eigenvalue weighted by Gasteiger charge is -2.22.